The zero-order valence-corrected chi connectivity index (χ0v) is 13.2. The van der Waals surface area contributed by atoms with E-state index in [0.29, 0.717) is 19.1 Å². The van der Waals surface area contributed by atoms with Gasteiger partial charge in [0.15, 0.2) is 0 Å². The van der Waals surface area contributed by atoms with Gasteiger partial charge in [-0.25, -0.2) is 0 Å². The number of esters is 1. The van der Waals surface area contributed by atoms with Gasteiger partial charge in [0, 0.05) is 20.6 Å². The number of carbonyl (C=O) groups is 1. The van der Waals surface area contributed by atoms with Crippen LogP contribution in [0.1, 0.15) is 51.9 Å². The highest BCUT2D eigenvalue weighted by Crippen LogP contribution is 2.06. The summed E-state index contributed by atoms with van der Waals surface area (Å²) >= 11 is 0. The summed E-state index contributed by atoms with van der Waals surface area (Å²) in [7, 11) is 1.64. The van der Waals surface area contributed by atoms with Gasteiger partial charge in [0.2, 0.25) is 0 Å². The molecule has 0 aromatic carbocycles. The van der Waals surface area contributed by atoms with Gasteiger partial charge in [-0.15, -0.1) is 0 Å². The predicted octanol–water partition coefficient (Wildman–Crippen LogP) is 2.79. The number of rotatable bonds is 12. The van der Waals surface area contributed by atoms with Crippen LogP contribution >= 0.6 is 0 Å². The predicted molar refractivity (Wildman–Crippen MR) is 74.9 cm³/mol. The van der Waals surface area contributed by atoms with Crippen molar-refractivity contribution in [1.82, 2.24) is 0 Å². The van der Waals surface area contributed by atoms with Gasteiger partial charge in [0.05, 0.1) is 6.61 Å². The maximum Gasteiger partial charge on any atom is 0.321 e. The Morgan fingerprint density at radius 3 is 2.22 bits per heavy atom. The lowest BCUT2D eigenvalue weighted by Crippen LogP contribution is -2.20. The molecule has 0 rings (SSSR count). The van der Waals surface area contributed by atoms with Crippen LogP contribution < -0.4 is 0 Å². The summed E-state index contributed by atoms with van der Waals surface area (Å²) in [5, 5.41) is 0. The van der Waals surface area contributed by atoms with Crippen LogP contribution in [0, 0.1) is 0 Å². The molecule has 0 unspecified atom stereocenters. The fourth-order valence-electron chi connectivity index (χ4n) is 1.71. The molecule has 0 aliphatic carbocycles. The Kier molecular flexibility index (Phi) is 12.8. The summed E-state index contributed by atoms with van der Waals surface area (Å²) in [6.45, 7) is 2.76. The topological polar surface area (TPSA) is 44.8 Å². The summed E-state index contributed by atoms with van der Waals surface area (Å²) in [5.41, 5.74) is 0. The SMILES string of the molecule is CCCCCCCCOC(=O)CC[SiH](OC)OC. The smallest absolute Gasteiger partial charge is 0.321 e. The Labute approximate surface area is 113 Å². The third-order valence-electron chi connectivity index (χ3n) is 2.87. The Morgan fingerprint density at radius 1 is 1.00 bits per heavy atom. The third-order valence-corrected chi connectivity index (χ3v) is 4.68. The standard InChI is InChI=1S/C13H28O4Si/c1-4-5-6-7-8-9-11-17-13(14)10-12-18(15-2)16-3/h18H,4-12H2,1-3H3. The first-order valence-electron chi connectivity index (χ1n) is 6.95. The molecule has 0 aromatic heterocycles. The van der Waals surface area contributed by atoms with E-state index in [0.717, 1.165) is 12.8 Å². The first-order valence-corrected chi connectivity index (χ1v) is 8.71. The first kappa shape index (κ1) is 17.6. The third kappa shape index (κ3) is 10.7. The quantitative estimate of drug-likeness (QED) is 0.312. The van der Waals surface area contributed by atoms with Gasteiger partial charge in [0.1, 0.15) is 0 Å². The molecule has 5 heteroatoms. The van der Waals surface area contributed by atoms with Crippen LogP contribution in [-0.4, -0.2) is 36.1 Å². The highest BCUT2D eigenvalue weighted by Gasteiger charge is 2.12. The molecule has 4 nitrogen and oxygen atoms in total. The van der Waals surface area contributed by atoms with E-state index < -0.39 is 9.28 Å². The van der Waals surface area contributed by atoms with Crippen molar-refractivity contribution in [1.29, 1.82) is 0 Å². The molecule has 0 aromatic rings. The van der Waals surface area contributed by atoms with E-state index in [-0.39, 0.29) is 5.97 Å². The van der Waals surface area contributed by atoms with E-state index in [1.165, 1.54) is 25.7 Å². The summed E-state index contributed by atoms with van der Waals surface area (Å²) in [4.78, 5) is 11.4. The van der Waals surface area contributed by atoms with Gasteiger partial charge >= 0.3 is 15.3 Å². The van der Waals surface area contributed by atoms with Crippen molar-refractivity contribution in [3.05, 3.63) is 0 Å². The van der Waals surface area contributed by atoms with Crippen molar-refractivity contribution in [3.63, 3.8) is 0 Å². The molecule has 0 saturated carbocycles. The minimum absolute atomic E-state index is 0.129. The Hall–Kier alpha value is -0.393. The Morgan fingerprint density at radius 2 is 1.61 bits per heavy atom. The maximum atomic E-state index is 11.4. The molecule has 0 N–H and O–H groups in total. The monoisotopic (exact) mass is 276 g/mol. The average Bonchev–Trinajstić information content (AvgIpc) is 2.39. The normalized spacial score (nSPS) is 10.9. The van der Waals surface area contributed by atoms with Crippen LogP contribution in [0.4, 0.5) is 0 Å². The van der Waals surface area contributed by atoms with Crippen molar-refractivity contribution in [2.75, 3.05) is 20.8 Å². The Bertz CT molecular complexity index is 195. The minimum Gasteiger partial charge on any atom is -0.466 e. The van der Waals surface area contributed by atoms with Crippen LogP contribution in [0.2, 0.25) is 6.04 Å². The molecule has 0 aliphatic rings. The molecule has 0 aliphatic heterocycles. The van der Waals surface area contributed by atoms with Crippen LogP contribution in [0.25, 0.3) is 0 Å². The fraction of sp³-hybridized carbons (Fsp3) is 0.923. The highest BCUT2D eigenvalue weighted by atomic mass is 28.3. The van der Waals surface area contributed by atoms with Gasteiger partial charge in [-0.1, -0.05) is 39.0 Å². The lowest BCUT2D eigenvalue weighted by atomic mass is 10.1. The van der Waals surface area contributed by atoms with E-state index in [1.54, 1.807) is 14.2 Å². The van der Waals surface area contributed by atoms with Gasteiger partial charge < -0.3 is 13.6 Å². The molecule has 0 fully saturated rings. The van der Waals surface area contributed by atoms with E-state index in [9.17, 15) is 4.79 Å². The van der Waals surface area contributed by atoms with Crippen molar-refractivity contribution < 1.29 is 18.4 Å². The molecule has 0 bridgehead atoms. The van der Waals surface area contributed by atoms with Gasteiger partial charge in [0.25, 0.3) is 0 Å². The molecule has 0 heterocycles. The lowest BCUT2D eigenvalue weighted by molar-refractivity contribution is -0.143. The summed E-state index contributed by atoms with van der Waals surface area (Å²) in [6.07, 6.45) is 7.64. The summed E-state index contributed by atoms with van der Waals surface area (Å²) in [5.74, 6) is -0.129. The molecule has 0 saturated heterocycles. The van der Waals surface area contributed by atoms with Crippen LogP contribution in [0.3, 0.4) is 0 Å². The van der Waals surface area contributed by atoms with Crippen LogP contribution in [-0.2, 0) is 18.4 Å². The zero-order valence-electron chi connectivity index (χ0n) is 12.1. The van der Waals surface area contributed by atoms with E-state index in [4.69, 9.17) is 13.6 Å². The molecule has 18 heavy (non-hydrogen) atoms. The summed E-state index contributed by atoms with van der Waals surface area (Å²) < 4.78 is 15.4. The highest BCUT2D eigenvalue weighted by molar-refractivity contribution is 6.44. The second-order valence-electron chi connectivity index (χ2n) is 4.43. The van der Waals surface area contributed by atoms with E-state index in [1.807, 2.05) is 0 Å². The van der Waals surface area contributed by atoms with Gasteiger partial charge in [-0.2, -0.15) is 0 Å². The molecule has 108 valence electrons. The van der Waals surface area contributed by atoms with E-state index >= 15 is 0 Å². The number of unbranched alkanes of at least 4 members (excludes halogenated alkanes) is 5. The van der Waals surface area contributed by atoms with Crippen molar-refractivity contribution in [3.8, 4) is 0 Å². The van der Waals surface area contributed by atoms with E-state index in [2.05, 4.69) is 6.92 Å². The number of ether oxygens (including phenoxy) is 1. The molecule has 0 spiro atoms. The Balaban J connectivity index is 3.31. The van der Waals surface area contributed by atoms with Crippen molar-refractivity contribution >= 4 is 15.3 Å². The first-order chi connectivity index (χ1) is 8.74. The second-order valence-corrected chi connectivity index (χ2v) is 6.81. The fourth-order valence-corrected chi connectivity index (χ4v) is 2.84. The average molecular weight is 276 g/mol. The molecule has 0 radical (unpaired) electrons. The molecule has 0 atom stereocenters. The zero-order chi connectivity index (χ0) is 13.6. The molecular formula is C13H28O4Si. The number of hydrogen-bond acceptors (Lipinski definition) is 4. The number of carbonyl (C=O) groups excluding carboxylic acids is 1. The van der Waals surface area contributed by atoms with Crippen molar-refractivity contribution in [2.45, 2.75) is 57.9 Å². The maximum absolute atomic E-state index is 11.4. The van der Waals surface area contributed by atoms with Gasteiger partial charge in [-0.3, -0.25) is 4.79 Å². The van der Waals surface area contributed by atoms with Crippen LogP contribution in [0.5, 0.6) is 0 Å². The molecule has 0 amide bonds. The molecular weight excluding hydrogens is 248 g/mol. The van der Waals surface area contributed by atoms with Gasteiger partial charge in [-0.05, 0) is 12.5 Å². The van der Waals surface area contributed by atoms with Crippen molar-refractivity contribution in [2.24, 2.45) is 0 Å². The lowest BCUT2D eigenvalue weighted by Gasteiger charge is -2.10. The van der Waals surface area contributed by atoms with Crippen LogP contribution in [0.15, 0.2) is 0 Å². The number of hydrogen-bond donors (Lipinski definition) is 0. The second kappa shape index (κ2) is 13.0. The minimum atomic E-state index is -1.61. The summed E-state index contributed by atoms with van der Waals surface area (Å²) in [6, 6.07) is 0.683. The largest absolute Gasteiger partial charge is 0.466 e.